The van der Waals surface area contributed by atoms with Crippen LogP contribution in [-0.4, -0.2) is 33.0 Å². The van der Waals surface area contributed by atoms with E-state index in [-0.39, 0.29) is 22.9 Å². The molecule has 4 bridgehead atoms. The molecule has 2 N–H and O–H groups in total. The fourth-order valence-corrected chi connectivity index (χ4v) is 6.31. The number of amides is 2. The zero-order chi connectivity index (χ0) is 20.2. The van der Waals surface area contributed by atoms with Crippen LogP contribution in [0.5, 0.6) is 0 Å². The van der Waals surface area contributed by atoms with Crippen molar-refractivity contribution in [2.24, 2.45) is 11.8 Å². The van der Waals surface area contributed by atoms with Gasteiger partial charge in [0.15, 0.2) is 5.69 Å². The molecule has 4 fully saturated rings. The molecule has 29 heavy (non-hydrogen) atoms. The highest BCUT2D eigenvalue weighted by Gasteiger charge is 2.59. The summed E-state index contributed by atoms with van der Waals surface area (Å²) < 4.78 is 5.06. The number of carbonyl (C=O) groups is 2. The van der Waals surface area contributed by atoms with Gasteiger partial charge in [-0.25, -0.2) is 4.98 Å². The van der Waals surface area contributed by atoms with Gasteiger partial charge in [-0.3, -0.25) is 9.59 Å². The molecule has 2 atom stereocenters. The van der Waals surface area contributed by atoms with Gasteiger partial charge in [0.1, 0.15) is 11.5 Å². The van der Waals surface area contributed by atoms with Crippen LogP contribution < -0.4 is 10.6 Å². The number of rotatable bonds is 4. The summed E-state index contributed by atoms with van der Waals surface area (Å²) in [6, 6.07) is 7.17. The third-order valence-electron chi connectivity index (χ3n) is 6.80. The third-order valence-corrected chi connectivity index (χ3v) is 6.80. The molecular formula is C22H26N4O3. The number of nitrogens with one attached hydrogen (secondary N) is 2. The first kappa shape index (κ1) is 18.3. The van der Waals surface area contributed by atoms with Crippen LogP contribution in [-0.2, 0) is 0 Å². The van der Waals surface area contributed by atoms with Crippen LogP contribution >= 0.6 is 0 Å². The van der Waals surface area contributed by atoms with Gasteiger partial charge < -0.3 is 15.2 Å². The fraction of sp³-hybridized carbons (Fsp3) is 0.545. The van der Waals surface area contributed by atoms with Gasteiger partial charge in [-0.05, 0) is 76.3 Å². The predicted molar refractivity (Wildman–Crippen MR) is 105 cm³/mol. The molecule has 2 unspecified atom stereocenters. The Kier molecular flexibility index (Phi) is 4.05. The molecule has 4 aliphatic carbocycles. The summed E-state index contributed by atoms with van der Waals surface area (Å²) in [5.74, 6) is 1.34. The van der Waals surface area contributed by atoms with Gasteiger partial charge in [-0.15, -0.1) is 0 Å². The number of carbonyl (C=O) groups excluding carboxylic acids is 2. The van der Waals surface area contributed by atoms with E-state index in [2.05, 4.69) is 20.8 Å². The average Bonchev–Trinajstić information content (AvgIpc) is 3.06. The first-order valence-corrected chi connectivity index (χ1v) is 10.4. The van der Waals surface area contributed by atoms with Gasteiger partial charge in [0.05, 0.1) is 0 Å². The van der Waals surface area contributed by atoms with Crippen molar-refractivity contribution in [3.63, 3.8) is 0 Å². The van der Waals surface area contributed by atoms with Crippen molar-refractivity contribution < 1.29 is 14.1 Å². The van der Waals surface area contributed by atoms with Gasteiger partial charge in [0, 0.05) is 22.8 Å². The number of aromatic nitrogens is 2. The average molecular weight is 394 g/mol. The quantitative estimate of drug-likeness (QED) is 0.831. The highest BCUT2D eigenvalue weighted by Crippen LogP contribution is 2.57. The van der Waals surface area contributed by atoms with Crippen LogP contribution in [0.1, 0.15) is 71.0 Å². The zero-order valence-corrected chi connectivity index (χ0v) is 16.8. The third kappa shape index (κ3) is 3.32. The molecule has 2 amide bonds. The minimum absolute atomic E-state index is 0.121. The Labute approximate surface area is 169 Å². The second kappa shape index (κ2) is 6.40. The molecule has 4 saturated carbocycles. The molecule has 2 heterocycles. The molecule has 7 nitrogen and oxygen atoms in total. The molecule has 0 aromatic carbocycles. The van der Waals surface area contributed by atoms with E-state index >= 15 is 0 Å². The lowest BCUT2D eigenvalue weighted by Gasteiger charge is -2.62. The van der Waals surface area contributed by atoms with E-state index in [1.165, 1.54) is 6.42 Å². The van der Waals surface area contributed by atoms with Crippen LogP contribution in [0, 0.1) is 25.7 Å². The Hall–Kier alpha value is -2.70. The molecule has 0 aliphatic heterocycles. The van der Waals surface area contributed by atoms with Gasteiger partial charge in [-0.2, -0.15) is 0 Å². The van der Waals surface area contributed by atoms with Crippen molar-refractivity contribution in [1.82, 2.24) is 20.8 Å². The van der Waals surface area contributed by atoms with Crippen molar-refractivity contribution >= 4 is 11.8 Å². The van der Waals surface area contributed by atoms with Gasteiger partial charge in [-0.1, -0.05) is 11.2 Å². The molecular weight excluding hydrogens is 368 g/mol. The lowest BCUT2D eigenvalue weighted by atomic mass is 9.49. The smallest absolute Gasteiger partial charge is 0.273 e. The number of aryl methyl sites for hydroxylation is 2. The van der Waals surface area contributed by atoms with E-state index in [4.69, 9.17) is 4.52 Å². The van der Waals surface area contributed by atoms with E-state index in [9.17, 15) is 9.59 Å². The minimum atomic E-state index is -0.290. The second-order valence-corrected chi connectivity index (χ2v) is 9.42. The van der Waals surface area contributed by atoms with Crippen LogP contribution in [0.4, 0.5) is 0 Å². The molecule has 0 spiro atoms. The predicted octanol–water partition coefficient (Wildman–Crippen LogP) is 2.94. The van der Waals surface area contributed by atoms with Gasteiger partial charge >= 0.3 is 0 Å². The number of nitrogens with zero attached hydrogens (tertiary/aromatic N) is 2. The highest BCUT2D eigenvalue weighted by atomic mass is 16.5. The molecule has 152 valence electrons. The Balaban J connectivity index is 1.38. The van der Waals surface area contributed by atoms with E-state index in [1.807, 2.05) is 19.1 Å². The largest absolute Gasteiger partial charge is 0.361 e. The first-order chi connectivity index (χ1) is 13.8. The van der Waals surface area contributed by atoms with Crippen molar-refractivity contribution in [3.8, 4) is 0 Å². The number of hydrogen-bond donors (Lipinski definition) is 2. The Morgan fingerprint density at radius 3 is 2.17 bits per heavy atom. The van der Waals surface area contributed by atoms with Crippen LogP contribution in [0.15, 0.2) is 28.8 Å². The fourth-order valence-electron chi connectivity index (χ4n) is 6.31. The molecule has 7 heteroatoms. The summed E-state index contributed by atoms with van der Waals surface area (Å²) in [7, 11) is 0. The Bertz CT molecular complexity index is 968. The molecule has 4 aliphatic rings. The topological polar surface area (TPSA) is 97.1 Å². The van der Waals surface area contributed by atoms with Crippen molar-refractivity contribution in [2.75, 3.05) is 0 Å². The summed E-state index contributed by atoms with van der Waals surface area (Å²) in [6.07, 6.45) is 5.82. The minimum Gasteiger partial charge on any atom is -0.361 e. The maximum absolute atomic E-state index is 12.9. The maximum atomic E-state index is 12.9. The first-order valence-electron chi connectivity index (χ1n) is 10.4. The summed E-state index contributed by atoms with van der Waals surface area (Å²) >= 11 is 0. The van der Waals surface area contributed by atoms with Crippen LogP contribution in [0.3, 0.4) is 0 Å². The standard InChI is InChI=1S/C22H26N4O3/c1-13-4-3-5-17(23-13)19(27)24-21-8-15-7-16(9-21)11-22(10-15,12-21)25-20(28)18-6-14(2)29-26-18/h3-6,15-16H,7-12H2,1-2H3,(H,24,27)(H,25,28). The summed E-state index contributed by atoms with van der Waals surface area (Å²) in [5, 5.41) is 10.5. The SMILES string of the molecule is Cc1cccc(C(=O)NC23CC4CC(CC(NC(=O)c5cc(C)on5)(C4)C2)C3)n1. The van der Waals surface area contributed by atoms with Crippen molar-refractivity contribution in [2.45, 2.75) is 63.5 Å². The van der Waals surface area contributed by atoms with E-state index in [0.717, 1.165) is 37.8 Å². The van der Waals surface area contributed by atoms with Crippen molar-refractivity contribution in [1.29, 1.82) is 0 Å². The van der Waals surface area contributed by atoms with Crippen LogP contribution in [0.25, 0.3) is 0 Å². The molecule has 2 aromatic rings. The maximum Gasteiger partial charge on any atom is 0.273 e. The molecule has 6 rings (SSSR count). The monoisotopic (exact) mass is 394 g/mol. The van der Waals surface area contributed by atoms with Gasteiger partial charge in [0.2, 0.25) is 0 Å². The van der Waals surface area contributed by atoms with Crippen LogP contribution in [0.2, 0.25) is 0 Å². The Morgan fingerprint density at radius 1 is 1.00 bits per heavy atom. The highest BCUT2D eigenvalue weighted by molar-refractivity contribution is 5.93. The number of pyridine rings is 1. The normalized spacial score (nSPS) is 32.2. The number of hydrogen-bond acceptors (Lipinski definition) is 5. The lowest BCUT2D eigenvalue weighted by molar-refractivity contribution is -0.0449. The van der Waals surface area contributed by atoms with E-state index in [0.29, 0.717) is 29.0 Å². The summed E-state index contributed by atoms with van der Waals surface area (Å²) in [4.78, 5) is 30.1. The molecule has 0 saturated heterocycles. The summed E-state index contributed by atoms with van der Waals surface area (Å²) in [5.41, 5.74) is 1.04. The Morgan fingerprint density at radius 2 is 1.62 bits per heavy atom. The summed E-state index contributed by atoms with van der Waals surface area (Å²) in [6.45, 7) is 3.66. The second-order valence-electron chi connectivity index (χ2n) is 9.42. The van der Waals surface area contributed by atoms with Gasteiger partial charge in [0.25, 0.3) is 11.8 Å². The zero-order valence-electron chi connectivity index (χ0n) is 16.8. The van der Waals surface area contributed by atoms with E-state index in [1.54, 1.807) is 19.1 Å². The molecule has 2 aromatic heterocycles. The van der Waals surface area contributed by atoms with E-state index < -0.39 is 0 Å². The molecule has 0 radical (unpaired) electrons. The lowest BCUT2D eigenvalue weighted by Crippen LogP contribution is -2.69. The van der Waals surface area contributed by atoms with Crippen molar-refractivity contribution in [3.05, 3.63) is 47.1 Å².